The summed E-state index contributed by atoms with van der Waals surface area (Å²) in [7, 11) is 0. The minimum absolute atomic E-state index is 0.232. The number of hydrogen-bond donors (Lipinski definition) is 0. The topological polar surface area (TPSA) is 26.3 Å². The molecule has 2 nitrogen and oxygen atoms in total. The lowest BCUT2D eigenvalue weighted by Crippen LogP contribution is -2.02. The Morgan fingerprint density at radius 1 is 1.44 bits per heavy atom. The van der Waals surface area contributed by atoms with Gasteiger partial charge in [0.1, 0.15) is 11.5 Å². The predicted octanol–water partition coefficient (Wildman–Crippen LogP) is 3.33. The van der Waals surface area contributed by atoms with Gasteiger partial charge in [-0.3, -0.25) is 4.79 Å². The summed E-state index contributed by atoms with van der Waals surface area (Å²) in [4.78, 5) is 11.2. The minimum atomic E-state index is 0.232. The van der Waals surface area contributed by atoms with Crippen molar-refractivity contribution in [2.24, 2.45) is 5.92 Å². The Kier molecular flexibility index (Phi) is 8.34. The van der Waals surface area contributed by atoms with E-state index < -0.39 is 0 Å². The fourth-order valence-electron chi connectivity index (χ4n) is 1.00. The third-order valence-corrected chi connectivity index (χ3v) is 1.99. The molecule has 0 bridgehead atoms. The molecule has 0 heterocycles. The normalized spacial score (nSPS) is 10.9. The smallest absolute Gasteiger partial charge is 0.136 e. The number of ketones is 1. The molecule has 0 rings (SSSR count). The Balaban J connectivity index is 4.26. The quantitative estimate of drug-likeness (QED) is 0.488. The average Bonchev–Trinajstić information content (AvgIpc) is 2.27. The van der Waals surface area contributed by atoms with Crippen LogP contribution in [0.3, 0.4) is 0 Å². The molecule has 0 aliphatic rings. The molecule has 0 N–H and O–H groups in total. The molecule has 0 aromatic rings. The first kappa shape index (κ1) is 14.8. The van der Waals surface area contributed by atoms with Crippen LogP contribution in [0.5, 0.6) is 0 Å². The molecule has 2 heteroatoms. The Labute approximate surface area is 99.1 Å². The van der Waals surface area contributed by atoms with Gasteiger partial charge in [-0.05, 0) is 18.9 Å². The Morgan fingerprint density at radius 2 is 2.12 bits per heavy atom. The molecule has 0 amide bonds. The van der Waals surface area contributed by atoms with Crippen molar-refractivity contribution in [2.45, 2.75) is 47.0 Å². The van der Waals surface area contributed by atoms with Crippen molar-refractivity contribution in [3.05, 3.63) is 11.8 Å². The number of Topliss-reactive ketones (excluding diaryl/α,β-unsaturated/α-hetero) is 1. The molecule has 0 aliphatic carbocycles. The maximum absolute atomic E-state index is 11.2. The number of carbonyl (C=O) groups excluding carboxylic acids is 1. The van der Waals surface area contributed by atoms with E-state index in [-0.39, 0.29) is 5.78 Å². The predicted molar refractivity (Wildman–Crippen MR) is 66.9 cm³/mol. The second-order valence-electron chi connectivity index (χ2n) is 4.08. The van der Waals surface area contributed by atoms with Gasteiger partial charge in [0.15, 0.2) is 0 Å². The van der Waals surface area contributed by atoms with Crippen LogP contribution in [0.1, 0.15) is 47.0 Å². The molecule has 90 valence electrons. The Morgan fingerprint density at radius 3 is 2.62 bits per heavy atom. The summed E-state index contributed by atoms with van der Waals surface area (Å²) in [5.41, 5.74) is 0. The van der Waals surface area contributed by atoms with E-state index >= 15 is 0 Å². The van der Waals surface area contributed by atoms with Gasteiger partial charge in [0.25, 0.3) is 0 Å². The summed E-state index contributed by atoms with van der Waals surface area (Å²) < 4.78 is 5.61. The third kappa shape index (κ3) is 8.11. The maximum Gasteiger partial charge on any atom is 0.136 e. The van der Waals surface area contributed by atoms with Crippen LogP contribution in [0.2, 0.25) is 0 Å². The molecular weight excluding hydrogens is 200 g/mol. The van der Waals surface area contributed by atoms with E-state index in [0.29, 0.717) is 31.8 Å². The van der Waals surface area contributed by atoms with E-state index in [1.165, 1.54) is 0 Å². The fourth-order valence-corrected chi connectivity index (χ4v) is 1.00. The first-order chi connectivity index (χ1) is 7.60. The fraction of sp³-hybridized carbons (Fsp3) is 0.643. The molecule has 0 aromatic heterocycles. The Hall–Kier alpha value is -1.23. The summed E-state index contributed by atoms with van der Waals surface area (Å²) in [6.07, 6.45) is 3.49. The van der Waals surface area contributed by atoms with Crippen LogP contribution < -0.4 is 0 Å². The average molecular weight is 222 g/mol. The molecule has 0 spiro atoms. The van der Waals surface area contributed by atoms with Crippen molar-refractivity contribution >= 4 is 5.78 Å². The lowest BCUT2D eigenvalue weighted by molar-refractivity contribution is -0.118. The highest BCUT2D eigenvalue weighted by Crippen LogP contribution is 2.08. The SMILES string of the molecule is CC#CC/C(=C/CC(=O)CC)OCC(C)C. The van der Waals surface area contributed by atoms with Crippen LogP contribution in [0.4, 0.5) is 0 Å². The molecular formula is C14H22O2. The van der Waals surface area contributed by atoms with E-state index in [4.69, 9.17) is 4.74 Å². The second-order valence-corrected chi connectivity index (χ2v) is 4.08. The van der Waals surface area contributed by atoms with Crippen molar-refractivity contribution in [3.63, 3.8) is 0 Å². The number of ether oxygens (including phenoxy) is 1. The zero-order valence-corrected chi connectivity index (χ0v) is 10.8. The highest BCUT2D eigenvalue weighted by molar-refractivity contribution is 5.79. The minimum Gasteiger partial charge on any atom is -0.497 e. The molecule has 0 aromatic carbocycles. The number of carbonyl (C=O) groups is 1. The van der Waals surface area contributed by atoms with E-state index in [1.807, 2.05) is 13.0 Å². The van der Waals surface area contributed by atoms with Crippen LogP contribution in [0, 0.1) is 17.8 Å². The summed E-state index contributed by atoms with van der Waals surface area (Å²) in [5.74, 6) is 7.33. The molecule has 0 saturated heterocycles. The van der Waals surface area contributed by atoms with Crippen LogP contribution in [0.15, 0.2) is 11.8 Å². The van der Waals surface area contributed by atoms with Crippen LogP contribution >= 0.6 is 0 Å². The van der Waals surface area contributed by atoms with Crippen molar-refractivity contribution in [1.29, 1.82) is 0 Å². The van der Waals surface area contributed by atoms with Crippen molar-refractivity contribution < 1.29 is 9.53 Å². The van der Waals surface area contributed by atoms with Gasteiger partial charge in [0, 0.05) is 12.8 Å². The summed E-state index contributed by atoms with van der Waals surface area (Å²) in [6, 6.07) is 0. The van der Waals surface area contributed by atoms with Crippen molar-refractivity contribution in [3.8, 4) is 11.8 Å². The number of hydrogen-bond acceptors (Lipinski definition) is 2. The first-order valence-corrected chi connectivity index (χ1v) is 5.83. The van der Waals surface area contributed by atoms with E-state index in [2.05, 4.69) is 25.7 Å². The third-order valence-electron chi connectivity index (χ3n) is 1.99. The zero-order chi connectivity index (χ0) is 12.4. The van der Waals surface area contributed by atoms with E-state index in [9.17, 15) is 4.79 Å². The van der Waals surface area contributed by atoms with Gasteiger partial charge < -0.3 is 4.74 Å². The van der Waals surface area contributed by atoms with Gasteiger partial charge in [-0.25, -0.2) is 0 Å². The van der Waals surface area contributed by atoms with Crippen molar-refractivity contribution in [1.82, 2.24) is 0 Å². The van der Waals surface area contributed by atoms with Gasteiger partial charge in [-0.1, -0.05) is 26.7 Å². The molecule has 16 heavy (non-hydrogen) atoms. The van der Waals surface area contributed by atoms with Crippen LogP contribution in [-0.2, 0) is 9.53 Å². The van der Waals surface area contributed by atoms with Crippen molar-refractivity contribution in [2.75, 3.05) is 6.61 Å². The second kappa shape index (κ2) is 9.03. The molecule has 0 radical (unpaired) electrons. The van der Waals surface area contributed by atoms with Gasteiger partial charge in [0.2, 0.25) is 0 Å². The lowest BCUT2D eigenvalue weighted by atomic mass is 10.2. The van der Waals surface area contributed by atoms with Gasteiger partial charge >= 0.3 is 0 Å². The maximum atomic E-state index is 11.2. The highest BCUT2D eigenvalue weighted by atomic mass is 16.5. The number of allylic oxidation sites excluding steroid dienone is 2. The van der Waals surface area contributed by atoms with E-state index in [1.54, 1.807) is 6.92 Å². The summed E-state index contributed by atoms with van der Waals surface area (Å²) >= 11 is 0. The molecule has 0 unspecified atom stereocenters. The summed E-state index contributed by atoms with van der Waals surface area (Å²) in [6.45, 7) is 8.55. The summed E-state index contributed by atoms with van der Waals surface area (Å²) in [5, 5.41) is 0. The van der Waals surface area contributed by atoms with Crippen LogP contribution in [0.25, 0.3) is 0 Å². The molecule has 0 fully saturated rings. The van der Waals surface area contributed by atoms with Gasteiger partial charge in [-0.2, -0.15) is 0 Å². The van der Waals surface area contributed by atoms with E-state index in [0.717, 1.165) is 5.76 Å². The standard InChI is InChI=1S/C14H22O2/c1-5-7-8-14(16-11-12(3)4)10-9-13(15)6-2/h10,12H,6,8-9,11H2,1-4H3/b14-10-. The first-order valence-electron chi connectivity index (χ1n) is 5.83. The highest BCUT2D eigenvalue weighted by Gasteiger charge is 2.01. The molecule has 0 atom stereocenters. The monoisotopic (exact) mass is 222 g/mol. The van der Waals surface area contributed by atoms with Crippen LogP contribution in [-0.4, -0.2) is 12.4 Å². The molecule has 0 aliphatic heterocycles. The largest absolute Gasteiger partial charge is 0.497 e. The Bertz CT molecular complexity index is 290. The zero-order valence-electron chi connectivity index (χ0n) is 10.8. The molecule has 0 saturated carbocycles. The van der Waals surface area contributed by atoms with Gasteiger partial charge in [0.05, 0.1) is 13.0 Å². The lowest BCUT2D eigenvalue weighted by Gasteiger charge is -2.10. The van der Waals surface area contributed by atoms with Gasteiger partial charge in [-0.15, -0.1) is 5.92 Å². The number of rotatable bonds is 7.